The third-order valence-corrected chi connectivity index (χ3v) is 5.34. The van der Waals surface area contributed by atoms with Crippen molar-refractivity contribution in [3.63, 3.8) is 0 Å². The van der Waals surface area contributed by atoms with E-state index >= 15 is 0 Å². The lowest BCUT2D eigenvalue weighted by atomic mass is 10.0. The molecule has 0 bridgehead atoms. The first-order chi connectivity index (χ1) is 13.9. The SMILES string of the molecule is CC(C)(C)OC(=O)Nc1ccccc1Cc1ccc(N2C=C(O)NS2(=O)=O)c(O)c1. The number of hydrogen-bond acceptors (Lipinski definition) is 6. The van der Waals surface area contributed by atoms with Gasteiger partial charge in [0.15, 0.2) is 0 Å². The van der Waals surface area contributed by atoms with Crippen LogP contribution in [0.5, 0.6) is 5.75 Å². The Hall–Kier alpha value is -3.40. The number of carbonyl (C=O) groups is 1. The van der Waals surface area contributed by atoms with E-state index in [0.29, 0.717) is 17.7 Å². The molecule has 10 heteroatoms. The van der Waals surface area contributed by atoms with Crippen molar-refractivity contribution < 1.29 is 28.2 Å². The summed E-state index contributed by atoms with van der Waals surface area (Å²) in [7, 11) is -4.00. The Bertz CT molecular complexity index is 1110. The Morgan fingerprint density at radius 1 is 1.17 bits per heavy atom. The van der Waals surface area contributed by atoms with Crippen LogP contribution in [0.15, 0.2) is 54.5 Å². The molecule has 30 heavy (non-hydrogen) atoms. The quantitative estimate of drug-likeness (QED) is 0.585. The van der Waals surface area contributed by atoms with Gasteiger partial charge in [-0.05, 0) is 56.5 Å². The minimum Gasteiger partial charge on any atom is -0.506 e. The molecule has 0 atom stereocenters. The van der Waals surface area contributed by atoms with E-state index in [4.69, 9.17) is 4.74 Å². The number of carbonyl (C=O) groups excluding carboxylic acids is 1. The van der Waals surface area contributed by atoms with Gasteiger partial charge in [0.05, 0.1) is 6.20 Å². The van der Waals surface area contributed by atoms with E-state index in [-0.39, 0.29) is 11.4 Å². The largest absolute Gasteiger partial charge is 0.506 e. The summed E-state index contributed by atoms with van der Waals surface area (Å²) in [6.07, 6.45) is 0.752. The summed E-state index contributed by atoms with van der Waals surface area (Å²) < 4.78 is 31.9. The molecule has 0 saturated carbocycles. The number of rotatable bonds is 4. The van der Waals surface area contributed by atoms with Crippen LogP contribution in [0.3, 0.4) is 0 Å². The summed E-state index contributed by atoms with van der Waals surface area (Å²) in [6, 6.07) is 11.7. The molecular weight excluding hydrogens is 410 g/mol. The zero-order valence-electron chi connectivity index (χ0n) is 16.7. The Morgan fingerprint density at radius 3 is 2.47 bits per heavy atom. The van der Waals surface area contributed by atoms with Gasteiger partial charge in [0.25, 0.3) is 0 Å². The number of para-hydroxylation sites is 1. The maximum absolute atomic E-state index is 12.1. The summed E-state index contributed by atoms with van der Waals surface area (Å²) in [6.45, 7) is 5.31. The third kappa shape index (κ3) is 4.95. The number of aromatic hydroxyl groups is 1. The van der Waals surface area contributed by atoms with Crippen LogP contribution >= 0.6 is 0 Å². The zero-order valence-corrected chi connectivity index (χ0v) is 17.5. The summed E-state index contributed by atoms with van der Waals surface area (Å²) in [4.78, 5) is 12.1. The van der Waals surface area contributed by atoms with Crippen LogP contribution in [-0.4, -0.2) is 30.3 Å². The van der Waals surface area contributed by atoms with Gasteiger partial charge < -0.3 is 14.9 Å². The molecule has 1 aliphatic rings. The second kappa shape index (κ2) is 7.79. The molecule has 0 spiro atoms. The molecule has 0 unspecified atom stereocenters. The molecule has 1 aliphatic heterocycles. The molecule has 4 N–H and O–H groups in total. The molecule has 160 valence electrons. The maximum Gasteiger partial charge on any atom is 0.412 e. The molecule has 1 amide bonds. The van der Waals surface area contributed by atoms with E-state index < -0.39 is 27.8 Å². The van der Waals surface area contributed by atoms with Gasteiger partial charge in [0.2, 0.25) is 5.88 Å². The van der Waals surface area contributed by atoms with Crippen molar-refractivity contribution in [2.45, 2.75) is 32.8 Å². The smallest absolute Gasteiger partial charge is 0.412 e. The van der Waals surface area contributed by atoms with E-state index in [9.17, 15) is 23.4 Å². The average molecular weight is 433 g/mol. The first-order valence-electron chi connectivity index (χ1n) is 9.07. The maximum atomic E-state index is 12.1. The molecule has 1 heterocycles. The van der Waals surface area contributed by atoms with Crippen molar-refractivity contribution in [1.29, 1.82) is 0 Å². The van der Waals surface area contributed by atoms with Crippen LogP contribution in [0.25, 0.3) is 0 Å². The Morgan fingerprint density at radius 2 is 1.87 bits per heavy atom. The molecule has 3 rings (SSSR count). The molecular formula is C20H23N3O6S. The minimum absolute atomic E-state index is 0.00420. The lowest BCUT2D eigenvalue weighted by Crippen LogP contribution is -2.29. The second-order valence-electron chi connectivity index (χ2n) is 7.70. The van der Waals surface area contributed by atoms with Gasteiger partial charge in [-0.2, -0.15) is 8.42 Å². The fourth-order valence-electron chi connectivity index (χ4n) is 2.88. The normalized spacial score (nSPS) is 15.3. The standard InChI is InChI=1S/C20H23N3O6S/c1-20(2,3)29-19(26)21-15-7-5-4-6-14(15)10-13-8-9-16(17(24)11-13)23-12-18(25)22-30(23,27)28/h4-9,11-12,22,24-25H,10H2,1-3H3,(H,21,26). The Balaban J connectivity index is 1.81. The predicted octanol–water partition coefficient (Wildman–Crippen LogP) is 3.34. The average Bonchev–Trinajstić information content (AvgIpc) is 2.87. The second-order valence-corrected chi connectivity index (χ2v) is 9.25. The number of nitrogens with one attached hydrogen (secondary N) is 2. The molecule has 9 nitrogen and oxygen atoms in total. The van der Waals surface area contributed by atoms with Crippen LogP contribution in [0.2, 0.25) is 0 Å². The summed E-state index contributed by atoms with van der Waals surface area (Å²) in [5.41, 5.74) is 1.40. The van der Waals surface area contributed by atoms with Gasteiger partial charge in [-0.25, -0.2) is 13.8 Å². The Kier molecular flexibility index (Phi) is 5.53. The summed E-state index contributed by atoms with van der Waals surface area (Å²) in [5, 5.41) is 22.5. The van der Waals surface area contributed by atoms with Crippen molar-refractivity contribution in [2.24, 2.45) is 0 Å². The number of phenols is 1. The van der Waals surface area contributed by atoms with Gasteiger partial charge in [-0.15, -0.1) is 0 Å². The molecule has 0 aliphatic carbocycles. The number of amides is 1. The van der Waals surface area contributed by atoms with Crippen molar-refractivity contribution in [1.82, 2.24) is 4.72 Å². The van der Waals surface area contributed by atoms with Crippen LogP contribution in [0.4, 0.5) is 16.2 Å². The van der Waals surface area contributed by atoms with Gasteiger partial charge in [0.1, 0.15) is 17.0 Å². The molecule has 2 aromatic carbocycles. The number of aliphatic hydroxyl groups is 1. The fraction of sp³-hybridized carbons (Fsp3) is 0.250. The number of hydrogen-bond donors (Lipinski definition) is 4. The number of benzene rings is 2. The molecule has 2 aromatic rings. The number of nitrogens with zero attached hydrogens (tertiary/aromatic N) is 1. The number of aliphatic hydroxyl groups excluding tert-OH is 1. The highest BCUT2D eigenvalue weighted by atomic mass is 32.2. The number of anilines is 2. The first kappa shape index (κ1) is 21.3. The van der Waals surface area contributed by atoms with Crippen molar-refractivity contribution in [3.8, 4) is 5.75 Å². The van der Waals surface area contributed by atoms with Gasteiger partial charge in [-0.3, -0.25) is 5.32 Å². The van der Waals surface area contributed by atoms with Crippen LogP contribution in [0.1, 0.15) is 31.9 Å². The van der Waals surface area contributed by atoms with Crippen LogP contribution in [0, 0.1) is 0 Å². The lowest BCUT2D eigenvalue weighted by Gasteiger charge is -2.20. The monoisotopic (exact) mass is 433 g/mol. The summed E-state index contributed by atoms with van der Waals surface area (Å²) >= 11 is 0. The highest BCUT2D eigenvalue weighted by Crippen LogP contribution is 2.33. The first-order valence-corrected chi connectivity index (χ1v) is 10.5. The topological polar surface area (TPSA) is 128 Å². The number of phenolic OH excluding ortho intramolecular Hbond substituents is 1. The van der Waals surface area contributed by atoms with E-state index in [1.807, 2.05) is 16.9 Å². The Labute approximate surface area is 174 Å². The zero-order chi connectivity index (χ0) is 22.1. The van der Waals surface area contributed by atoms with Gasteiger partial charge >= 0.3 is 16.3 Å². The van der Waals surface area contributed by atoms with E-state index in [2.05, 4.69) is 5.32 Å². The van der Waals surface area contributed by atoms with E-state index in [1.54, 1.807) is 39.0 Å². The molecule has 0 radical (unpaired) electrons. The molecule has 0 fully saturated rings. The molecule has 0 saturated heterocycles. The van der Waals surface area contributed by atoms with Crippen LogP contribution < -0.4 is 14.3 Å². The van der Waals surface area contributed by atoms with Crippen molar-refractivity contribution in [3.05, 3.63) is 65.7 Å². The van der Waals surface area contributed by atoms with Crippen molar-refractivity contribution >= 4 is 27.7 Å². The van der Waals surface area contributed by atoms with E-state index in [1.165, 1.54) is 12.1 Å². The predicted molar refractivity (Wildman–Crippen MR) is 112 cm³/mol. The highest BCUT2D eigenvalue weighted by Gasteiger charge is 2.30. The van der Waals surface area contributed by atoms with Gasteiger partial charge in [-0.1, -0.05) is 24.3 Å². The van der Waals surface area contributed by atoms with Crippen LogP contribution in [-0.2, 0) is 21.4 Å². The lowest BCUT2D eigenvalue weighted by molar-refractivity contribution is 0.0635. The molecule has 0 aromatic heterocycles. The van der Waals surface area contributed by atoms with E-state index in [0.717, 1.165) is 16.1 Å². The fourth-order valence-corrected chi connectivity index (χ4v) is 3.95. The summed E-state index contributed by atoms with van der Waals surface area (Å²) in [5.74, 6) is -0.818. The third-order valence-electron chi connectivity index (χ3n) is 4.06. The number of ether oxygens (including phenoxy) is 1. The highest BCUT2D eigenvalue weighted by molar-refractivity contribution is 7.91. The van der Waals surface area contributed by atoms with Gasteiger partial charge in [0, 0.05) is 5.69 Å². The van der Waals surface area contributed by atoms with Crippen molar-refractivity contribution in [2.75, 3.05) is 9.62 Å². The minimum atomic E-state index is -4.00.